The number of sulfonamides is 1. The van der Waals surface area contributed by atoms with Gasteiger partial charge in [-0.05, 0) is 88.2 Å². The van der Waals surface area contributed by atoms with Gasteiger partial charge in [0.05, 0.1) is 10.9 Å². The molecule has 6 nitrogen and oxygen atoms in total. The fraction of sp³-hybridized carbons (Fsp3) is 0.261. The van der Waals surface area contributed by atoms with E-state index in [4.69, 9.17) is 4.42 Å². The van der Waals surface area contributed by atoms with Crippen molar-refractivity contribution in [1.29, 1.82) is 0 Å². The molecule has 0 radical (unpaired) electrons. The predicted octanol–water partition coefficient (Wildman–Crippen LogP) is 4.81. The van der Waals surface area contributed by atoms with Gasteiger partial charge in [-0.2, -0.15) is 0 Å². The highest BCUT2D eigenvalue weighted by Gasteiger charge is 2.17. The number of hydrogen-bond donors (Lipinski definition) is 2. The average Bonchev–Trinajstić information content (AvgIpc) is 3.02. The maximum absolute atomic E-state index is 12.6. The summed E-state index contributed by atoms with van der Waals surface area (Å²) in [6, 6.07) is 13.0. The topological polar surface area (TPSA) is 88.4 Å². The molecule has 0 aliphatic heterocycles. The van der Waals surface area contributed by atoms with Gasteiger partial charge in [0.15, 0.2) is 0 Å². The molecule has 0 saturated carbocycles. The van der Waals surface area contributed by atoms with Crippen LogP contribution in [0.5, 0.6) is 0 Å². The molecule has 1 atom stereocenters. The van der Waals surface area contributed by atoms with Gasteiger partial charge < -0.3 is 9.73 Å². The minimum absolute atomic E-state index is 0.201. The van der Waals surface area contributed by atoms with E-state index in [1.807, 2.05) is 40.7 Å². The number of rotatable bonds is 6. The number of aryl methyl sites for hydroxylation is 4. The van der Waals surface area contributed by atoms with Crippen LogP contribution in [0.4, 0.5) is 5.69 Å². The minimum Gasteiger partial charge on any atom is -0.466 e. The third-order valence-electron chi connectivity index (χ3n) is 5.08. The summed E-state index contributed by atoms with van der Waals surface area (Å²) in [6.45, 7) is 9.42. The van der Waals surface area contributed by atoms with Crippen LogP contribution in [0.15, 0.2) is 57.8 Å². The standard InChI is InChI=1S/C23H26N2O4S/c1-14-6-11-21(12-15(14)2)30(27,28)25-20-9-7-19(8-10-20)23(26)24-17(4)22-13-16(3)29-18(22)5/h6-13,17,25H,1-5H3,(H,24,26). The fourth-order valence-electron chi connectivity index (χ4n) is 3.22. The van der Waals surface area contributed by atoms with Crippen molar-refractivity contribution in [2.24, 2.45) is 0 Å². The van der Waals surface area contributed by atoms with Crippen LogP contribution < -0.4 is 10.0 Å². The Morgan fingerprint density at radius 2 is 1.60 bits per heavy atom. The van der Waals surface area contributed by atoms with E-state index < -0.39 is 10.0 Å². The van der Waals surface area contributed by atoms with Crippen LogP contribution in [0, 0.1) is 27.7 Å². The molecular weight excluding hydrogens is 400 g/mol. The van der Waals surface area contributed by atoms with Crippen molar-refractivity contribution in [3.63, 3.8) is 0 Å². The average molecular weight is 427 g/mol. The first-order chi connectivity index (χ1) is 14.1. The van der Waals surface area contributed by atoms with Crippen molar-refractivity contribution < 1.29 is 17.6 Å². The summed E-state index contributed by atoms with van der Waals surface area (Å²) < 4.78 is 33.3. The molecule has 1 unspecified atom stereocenters. The molecule has 1 amide bonds. The summed E-state index contributed by atoms with van der Waals surface area (Å²) in [7, 11) is -3.70. The third kappa shape index (κ3) is 4.74. The lowest BCUT2D eigenvalue weighted by Gasteiger charge is -2.14. The smallest absolute Gasteiger partial charge is 0.261 e. The van der Waals surface area contributed by atoms with E-state index in [0.717, 1.165) is 28.2 Å². The Balaban J connectivity index is 1.70. The van der Waals surface area contributed by atoms with E-state index in [0.29, 0.717) is 11.3 Å². The summed E-state index contributed by atoms with van der Waals surface area (Å²) in [6.07, 6.45) is 0. The molecule has 1 aromatic heterocycles. The van der Waals surface area contributed by atoms with Crippen molar-refractivity contribution in [1.82, 2.24) is 5.32 Å². The maximum Gasteiger partial charge on any atom is 0.261 e. The number of hydrogen-bond acceptors (Lipinski definition) is 4. The molecule has 2 aromatic carbocycles. The van der Waals surface area contributed by atoms with Gasteiger partial charge in [-0.15, -0.1) is 0 Å². The van der Waals surface area contributed by atoms with Crippen molar-refractivity contribution in [2.75, 3.05) is 4.72 Å². The SMILES string of the molecule is Cc1cc(C(C)NC(=O)c2ccc(NS(=O)(=O)c3ccc(C)c(C)c3)cc2)c(C)o1. The lowest BCUT2D eigenvalue weighted by molar-refractivity contribution is 0.0939. The summed E-state index contributed by atoms with van der Waals surface area (Å²) in [5, 5.41) is 2.93. The van der Waals surface area contributed by atoms with Gasteiger partial charge in [0.25, 0.3) is 15.9 Å². The van der Waals surface area contributed by atoms with Gasteiger partial charge in [0.1, 0.15) is 11.5 Å². The number of carbonyl (C=O) groups is 1. The second kappa shape index (κ2) is 8.36. The number of anilines is 1. The molecule has 0 saturated heterocycles. The number of benzene rings is 2. The molecule has 0 spiro atoms. The monoisotopic (exact) mass is 426 g/mol. The van der Waals surface area contributed by atoms with Gasteiger partial charge in [-0.3, -0.25) is 9.52 Å². The molecule has 0 aliphatic carbocycles. The van der Waals surface area contributed by atoms with Gasteiger partial charge in [-0.1, -0.05) is 6.07 Å². The van der Waals surface area contributed by atoms with Crippen LogP contribution in [0.3, 0.4) is 0 Å². The Morgan fingerprint density at radius 1 is 0.933 bits per heavy atom. The molecule has 0 bridgehead atoms. The zero-order valence-electron chi connectivity index (χ0n) is 17.7. The number of amides is 1. The van der Waals surface area contributed by atoms with E-state index in [1.54, 1.807) is 42.5 Å². The predicted molar refractivity (Wildman–Crippen MR) is 117 cm³/mol. The minimum atomic E-state index is -3.70. The summed E-state index contributed by atoms with van der Waals surface area (Å²) in [4.78, 5) is 12.8. The summed E-state index contributed by atoms with van der Waals surface area (Å²) >= 11 is 0. The molecule has 0 fully saturated rings. The fourth-order valence-corrected chi connectivity index (χ4v) is 4.37. The first-order valence-corrected chi connectivity index (χ1v) is 11.1. The normalized spacial score (nSPS) is 12.4. The molecule has 3 rings (SSSR count). The second-order valence-corrected chi connectivity index (χ2v) is 9.18. The van der Waals surface area contributed by atoms with E-state index >= 15 is 0 Å². The number of furan rings is 1. The Morgan fingerprint density at radius 3 is 2.17 bits per heavy atom. The van der Waals surface area contributed by atoms with Crippen LogP contribution in [0.1, 0.15) is 51.5 Å². The van der Waals surface area contributed by atoms with Crippen LogP contribution in [-0.2, 0) is 10.0 Å². The largest absolute Gasteiger partial charge is 0.466 e. The van der Waals surface area contributed by atoms with Crippen molar-refractivity contribution in [3.8, 4) is 0 Å². The van der Waals surface area contributed by atoms with Gasteiger partial charge in [0.2, 0.25) is 0 Å². The molecule has 2 N–H and O–H groups in total. The van der Waals surface area contributed by atoms with E-state index in [2.05, 4.69) is 10.0 Å². The lowest BCUT2D eigenvalue weighted by atomic mass is 10.1. The number of carbonyl (C=O) groups excluding carboxylic acids is 1. The quantitative estimate of drug-likeness (QED) is 0.592. The van der Waals surface area contributed by atoms with E-state index in [9.17, 15) is 13.2 Å². The van der Waals surface area contributed by atoms with Gasteiger partial charge >= 0.3 is 0 Å². The Kier molecular flexibility index (Phi) is 6.03. The molecule has 0 aliphatic rings. The Hall–Kier alpha value is -3.06. The zero-order valence-corrected chi connectivity index (χ0v) is 18.6. The van der Waals surface area contributed by atoms with E-state index in [1.165, 1.54) is 0 Å². The molecule has 1 heterocycles. The third-order valence-corrected chi connectivity index (χ3v) is 6.46. The van der Waals surface area contributed by atoms with Crippen molar-refractivity contribution in [3.05, 3.63) is 82.3 Å². The summed E-state index contributed by atoms with van der Waals surface area (Å²) in [5.74, 6) is 1.32. The van der Waals surface area contributed by atoms with Crippen LogP contribution in [0.2, 0.25) is 0 Å². The molecule has 158 valence electrons. The van der Waals surface area contributed by atoms with Crippen LogP contribution >= 0.6 is 0 Å². The summed E-state index contributed by atoms with van der Waals surface area (Å²) in [5.41, 5.74) is 3.69. The van der Waals surface area contributed by atoms with Crippen molar-refractivity contribution in [2.45, 2.75) is 45.6 Å². The Labute approximate surface area is 177 Å². The van der Waals surface area contributed by atoms with E-state index in [-0.39, 0.29) is 16.8 Å². The molecular formula is C23H26N2O4S. The highest BCUT2D eigenvalue weighted by atomic mass is 32.2. The van der Waals surface area contributed by atoms with Gasteiger partial charge in [0, 0.05) is 16.8 Å². The van der Waals surface area contributed by atoms with Crippen LogP contribution in [0.25, 0.3) is 0 Å². The molecule has 7 heteroatoms. The lowest BCUT2D eigenvalue weighted by Crippen LogP contribution is -2.26. The highest BCUT2D eigenvalue weighted by Crippen LogP contribution is 2.22. The van der Waals surface area contributed by atoms with Crippen molar-refractivity contribution >= 4 is 21.6 Å². The first kappa shape index (κ1) is 21.6. The first-order valence-electron chi connectivity index (χ1n) is 9.65. The molecule has 3 aromatic rings. The van der Waals surface area contributed by atoms with Gasteiger partial charge in [-0.25, -0.2) is 8.42 Å². The highest BCUT2D eigenvalue weighted by molar-refractivity contribution is 7.92. The Bertz CT molecular complexity index is 1180. The molecule has 30 heavy (non-hydrogen) atoms. The number of nitrogens with one attached hydrogen (secondary N) is 2. The van der Waals surface area contributed by atoms with Crippen LogP contribution in [-0.4, -0.2) is 14.3 Å². The second-order valence-electron chi connectivity index (χ2n) is 7.49. The maximum atomic E-state index is 12.6. The zero-order chi connectivity index (χ0) is 22.1.